The van der Waals surface area contributed by atoms with E-state index in [4.69, 9.17) is 4.74 Å². The molecule has 0 heterocycles. The fourth-order valence-electron chi connectivity index (χ4n) is 3.20. The maximum Gasteiger partial charge on any atom is 0.232 e. The molecule has 0 unspecified atom stereocenters. The fourth-order valence-corrected chi connectivity index (χ4v) is 4.21. The highest BCUT2D eigenvalue weighted by Gasteiger charge is 2.20. The third-order valence-electron chi connectivity index (χ3n) is 4.81. The molecule has 158 valence electrons. The van der Waals surface area contributed by atoms with Gasteiger partial charge >= 0.3 is 0 Å². The molecule has 2 aromatic carbocycles. The number of anilines is 1. The van der Waals surface area contributed by atoms with E-state index >= 15 is 0 Å². The minimum Gasteiger partial charge on any atom is -0.496 e. The van der Waals surface area contributed by atoms with Crippen molar-refractivity contribution in [3.63, 3.8) is 0 Å². The van der Waals surface area contributed by atoms with Crippen molar-refractivity contribution in [1.82, 2.24) is 4.90 Å². The van der Waals surface area contributed by atoms with E-state index in [1.807, 2.05) is 56.3 Å². The van der Waals surface area contributed by atoms with Crippen LogP contribution in [0.5, 0.6) is 5.75 Å². The number of carbonyl (C=O) groups excluding carboxylic acids is 1. The second-order valence-corrected chi connectivity index (χ2v) is 9.20. The van der Waals surface area contributed by atoms with Crippen LogP contribution in [0.25, 0.3) is 0 Å². The number of hydrogen-bond donors (Lipinski definition) is 0. The summed E-state index contributed by atoms with van der Waals surface area (Å²) in [5.41, 5.74) is 3.48. The zero-order valence-corrected chi connectivity index (χ0v) is 18.6. The van der Waals surface area contributed by atoms with E-state index in [1.54, 1.807) is 19.1 Å². The Labute approximate surface area is 174 Å². The minimum atomic E-state index is -3.44. The Morgan fingerprint density at radius 1 is 1.10 bits per heavy atom. The number of benzene rings is 2. The van der Waals surface area contributed by atoms with Gasteiger partial charge < -0.3 is 9.64 Å². The summed E-state index contributed by atoms with van der Waals surface area (Å²) in [4.78, 5) is 14.2. The highest BCUT2D eigenvalue weighted by atomic mass is 32.2. The van der Waals surface area contributed by atoms with Gasteiger partial charge in [0.1, 0.15) is 5.75 Å². The molecule has 0 aliphatic rings. The Balaban J connectivity index is 2.02. The molecule has 0 radical (unpaired) electrons. The molecule has 0 spiro atoms. The summed E-state index contributed by atoms with van der Waals surface area (Å²) in [6.07, 6.45) is 1.91. The third-order valence-corrected chi connectivity index (χ3v) is 5.99. The summed E-state index contributed by atoms with van der Waals surface area (Å²) in [6.45, 7) is 4.52. The van der Waals surface area contributed by atoms with Crippen LogP contribution in [0.15, 0.2) is 42.5 Å². The number of ether oxygens (including phenoxy) is 1. The first-order chi connectivity index (χ1) is 13.6. The smallest absolute Gasteiger partial charge is 0.232 e. The topological polar surface area (TPSA) is 66.9 Å². The number of carbonyl (C=O) groups is 1. The second kappa shape index (κ2) is 9.78. The molecule has 0 N–H and O–H groups in total. The molecular weight excluding hydrogens is 388 g/mol. The number of aryl methyl sites for hydroxylation is 2. The van der Waals surface area contributed by atoms with Gasteiger partial charge in [-0.2, -0.15) is 0 Å². The standard InChI is InChI=1S/C22H30N2O4S/c1-17-12-13-18(2)20(15-17)24(29(5,26)27)14-8-11-22(25)23(3)16-19-9-6-7-10-21(19)28-4/h6-7,9-10,12-13,15H,8,11,14,16H2,1-5H3. The van der Waals surface area contributed by atoms with Gasteiger partial charge in [-0.05, 0) is 43.5 Å². The maximum absolute atomic E-state index is 12.6. The van der Waals surface area contributed by atoms with E-state index in [-0.39, 0.29) is 18.9 Å². The molecule has 2 rings (SSSR count). The molecule has 0 aliphatic heterocycles. The molecule has 0 atom stereocenters. The zero-order chi connectivity index (χ0) is 21.6. The van der Waals surface area contributed by atoms with Crippen molar-refractivity contribution in [3.8, 4) is 5.75 Å². The number of rotatable bonds is 9. The summed E-state index contributed by atoms with van der Waals surface area (Å²) in [5.74, 6) is 0.704. The van der Waals surface area contributed by atoms with Crippen LogP contribution >= 0.6 is 0 Å². The number of amides is 1. The van der Waals surface area contributed by atoms with Crippen LogP contribution in [0.4, 0.5) is 5.69 Å². The molecule has 0 bridgehead atoms. The highest BCUT2D eigenvalue weighted by Crippen LogP contribution is 2.24. The van der Waals surface area contributed by atoms with Gasteiger partial charge in [0.2, 0.25) is 15.9 Å². The first-order valence-corrected chi connectivity index (χ1v) is 11.4. The molecule has 0 aromatic heterocycles. The van der Waals surface area contributed by atoms with Gasteiger partial charge in [-0.1, -0.05) is 30.3 Å². The Kier molecular flexibility index (Phi) is 7.67. The van der Waals surface area contributed by atoms with Crippen LogP contribution in [-0.4, -0.2) is 46.2 Å². The summed E-state index contributed by atoms with van der Waals surface area (Å²) in [6, 6.07) is 13.3. The third kappa shape index (κ3) is 6.22. The normalized spacial score (nSPS) is 11.2. The van der Waals surface area contributed by atoms with Gasteiger partial charge in [-0.25, -0.2) is 8.42 Å². The molecule has 29 heavy (non-hydrogen) atoms. The second-order valence-electron chi connectivity index (χ2n) is 7.29. The van der Waals surface area contributed by atoms with Gasteiger partial charge in [0.05, 0.1) is 19.1 Å². The number of nitrogens with zero attached hydrogens (tertiary/aromatic N) is 2. The van der Waals surface area contributed by atoms with Gasteiger partial charge in [0.15, 0.2) is 0 Å². The van der Waals surface area contributed by atoms with Crippen molar-refractivity contribution < 1.29 is 17.9 Å². The lowest BCUT2D eigenvalue weighted by Gasteiger charge is -2.25. The van der Waals surface area contributed by atoms with Crippen LogP contribution in [0.2, 0.25) is 0 Å². The van der Waals surface area contributed by atoms with Crippen LogP contribution in [0.1, 0.15) is 29.5 Å². The molecule has 0 aliphatic carbocycles. The predicted octanol–water partition coefficient (Wildman–Crippen LogP) is 3.52. The number of methoxy groups -OCH3 is 1. The first-order valence-electron chi connectivity index (χ1n) is 9.54. The molecule has 0 saturated carbocycles. The quantitative estimate of drug-likeness (QED) is 0.625. The summed E-state index contributed by atoms with van der Waals surface area (Å²) < 4.78 is 31.4. The van der Waals surface area contributed by atoms with Gasteiger partial charge in [-0.15, -0.1) is 0 Å². The monoisotopic (exact) mass is 418 g/mol. The van der Waals surface area contributed by atoms with E-state index in [0.29, 0.717) is 18.7 Å². The Bertz CT molecular complexity index is 957. The zero-order valence-electron chi connectivity index (χ0n) is 17.8. The Hall–Kier alpha value is -2.54. The highest BCUT2D eigenvalue weighted by molar-refractivity contribution is 7.92. The van der Waals surface area contributed by atoms with Crippen LogP contribution < -0.4 is 9.04 Å². The van der Waals surface area contributed by atoms with Crippen molar-refractivity contribution in [2.75, 3.05) is 31.3 Å². The van der Waals surface area contributed by atoms with Crippen molar-refractivity contribution in [3.05, 3.63) is 59.2 Å². The molecule has 1 amide bonds. The lowest BCUT2D eigenvalue weighted by Crippen LogP contribution is -2.33. The molecule has 0 saturated heterocycles. The summed E-state index contributed by atoms with van der Waals surface area (Å²) in [7, 11) is -0.0923. The lowest BCUT2D eigenvalue weighted by molar-refractivity contribution is -0.130. The summed E-state index contributed by atoms with van der Waals surface area (Å²) in [5, 5.41) is 0. The summed E-state index contributed by atoms with van der Waals surface area (Å²) >= 11 is 0. The lowest BCUT2D eigenvalue weighted by atomic mass is 10.1. The predicted molar refractivity (Wildman–Crippen MR) is 117 cm³/mol. The molecular formula is C22H30N2O4S. The van der Waals surface area contributed by atoms with Gasteiger partial charge in [-0.3, -0.25) is 9.10 Å². The molecule has 6 nitrogen and oxygen atoms in total. The first kappa shape index (κ1) is 22.7. The van der Waals surface area contributed by atoms with E-state index < -0.39 is 10.0 Å². The van der Waals surface area contributed by atoms with Crippen molar-refractivity contribution in [1.29, 1.82) is 0 Å². The maximum atomic E-state index is 12.6. The van der Waals surface area contributed by atoms with Crippen molar-refractivity contribution in [2.24, 2.45) is 0 Å². The number of sulfonamides is 1. The largest absolute Gasteiger partial charge is 0.496 e. The minimum absolute atomic E-state index is 0.0367. The number of hydrogen-bond acceptors (Lipinski definition) is 4. The van der Waals surface area contributed by atoms with E-state index in [0.717, 1.165) is 22.4 Å². The Morgan fingerprint density at radius 2 is 1.79 bits per heavy atom. The fraction of sp³-hybridized carbons (Fsp3) is 0.409. The van der Waals surface area contributed by atoms with Crippen LogP contribution in [-0.2, 0) is 21.4 Å². The van der Waals surface area contributed by atoms with Gasteiger partial charge in [0, 0.05) is 32.1 Å². The SMILES string of the molecule is COc1ccccc1CN(C)C(=O)CCCN(c1cc(C)ccc1C)S(C)(=O)=O. The van der Waals surface area contributed by atoms with E-state index in [9.17, 15) is 13.2 Å². The molecule has 2 aromatic rings. The number of para-hydroxylation sites is 1. The Morgan fingerprint density at radius 3 is 2.45 bits per heavy atom. The van der Waals surface area contributed by atoms with E-state index in [1.165, 1.54) is 10.6 Å². The van der Waals surface area contributed by atoms with Crippen molar-refractivity contribution in [2.45, 2.75) is 33.2 Å². The van der Waals surface area contributed by atoms with E-state index in [2.05, 4.69) is 0 Å². The molecule has 0 fully saturated rings. The average molecular weight is 419 g/mol. The van der Waals surface area contributed by atoms with Crippen LogP contribution in [0, 0.1) is 13.8 Å². The van der Waals surface area contributed by atoms with Crippen LogP contribution in [0.3, 0.4) is 0 Å². The molecule has 7 heteroatoms. The van der Waals surface area contributed by atoms with Crippen molar-refractivity contribution >= 4 is 21.6 Å². The average Bonchev–Trinajstić information content (AvgIpc) is 2.66. The van der Waals surface area contributed by atoms with Gasteiger partial charge in [0.25, 0.3) is 0 Å².